The monoisotopic (exact) mass is 512 g/mol. The van der Waals surface area contributed by atoms with Gasteiger partial charge in [-0.25, -0.2) is 9.59 Å². The lowest BCUT2D eigenvalue weighted by atomic mass is 9.77. The number of aliphatic hydroxyl groups excluding tert-OH is 2. The Labute approximate surface area is 218 Å². The molecule has 8 nitrogen and oxygen atoms in total. The summed E-state index contributed by atoms with van der Waals surface area (Å²) in [5, 5.41) is 20.3. The first kappa shape index (κ1) is 29.9. The van der Waals surface area contributed by atoms with Gasteiger partial charge in [-0.3, -0.25) is 9.78 Å². The summed E-state index contributed by atoms with van der Waals surface area (Å²) in [6.07, 6.45) is -0.969. The molecular weight excluding hydrogens is 476 g/mol. The Morgan fingerprint density at radius 3 is 1.35 bits per heavy atom. The zero-order valence-electron chi connectivity index (χ0n) is 21.9. The first-order chi connectivity index (χ1) is 17.4. The third-order valence-electron chi connectivity index (χ3n) is 5.78. The van der Waals surface area contributed by atoms with Crippen molar-refractivity contribution in [3.8, 4) is 0 Å². The lowest BCUT2D eigenvalue weighted by Gasteiger charge is -2.27. The van der Waals surface area contributed by atoms with Crippen LogP contribution >= 0.6 is 0 Å². The zero-order chi connectivity index (χ0) is 27.6. The molecule has 37 heavy (non-hydrogen) atoms. The van der Waals surface area contributed by atoms with E-state index >= 15 is 0 Å². The molecule has 0 fully saturated rings. The van der Waals surface area contributed by atoms with E-state index in [1.165, 1.54) is 13.8 Å². The molecule has 0 amide bonds. The van der Waals surface area contributed by atoms with E-state index in [4.69, 9.17) is 9.78 Å². The molecule has 0 radical (unpaired) electrons. The van der Waals surface area contributed by atoms with Crippen molar-refractivity contribution in [1.29, 1.82) is 0 Å². The number of benzene rings is 2. The van der Waals surface area contributed by atoms with Gasteiger partial charge in [0.1, 0.15) is 13.2 Å². The Morgan fingerprint density at radius 1 is 0.730 bits per heavy atom. The van der Waals surface area contributed by atoms with Crippen molar-refractivity contribution < 1.29 is 39.4 Å². The normalized spacial score (nSPS) is 12.9. The molecule has 0 saturated heterocycles. The van der Waals surface area contributed by atoms with Gasteiger partial charge in [0, 0.05) is 29.4 Å². The van der Waals surface area contributed by atoms with Gasteiger partial charge in [0.05, 0.1) is 12.2 Å². The number of rotatable bonds is 14. The van der Waals surface area contributed by atoms with Gasteiger partial charge in [-0.15, -0.1) is 0 Å². The molecule has 0 aromatic heterocycles. The lowest BCUT2D eigenvalue weighted by Crippen LogP contribution is -2.21. The first-order valence-electron chi connectivity index (χ1n) is 11.9. The number of hydrogen-bond donors (Lipinski definition) is 2. The molecule has 0 aliphatic heterocycles. The van der Waals surface area contributed by atoms with E-state index in [9.17, 15) is 19.8 Å². The molecule has 2 aromatic carbocycles. The summed E-state index contributed by atoms with van der Waals surface area (Å²) in [7, 11) is 0. The van der Waals surface area contributed by atoms with Crippen LogP contribution in [0, 0.1) is 0 Å². The van der Waals surface area contributed by atoms with Crippen LogP contribution in [0.2, 0.25) is 0 Å². The maximum absolute atomic E-state index is 11.3. The molecule has 2 N–H and O–H groups in total. The van der Waals surface area contributed by atoms with Crippen LogP contribution in [0.25, 0.3) is 0 Å². The van der Waals surface area contributed by atoms with Crippen LogP contribution < -0.4 is 0 Å². The molecule has 200 valence electrons. The van der Waals surface area contributed by atoms with Crippen molar-refractivity contribution in [1.82, 2.24) is 0 Å². The highest BCUT2D eigenvalue weighted by molar-refractivity contribution is 5.86. The van der Waals surface area contributed by atoms with Crippen LogP contribution in [0.15, 0.2) is 72.8 Å². The molecule has 2 unspecified atom stereocenters. The molecule has 0 bridgehead atoms. The second-order valence-corrected chi connectivity index (χ2v) is 9.61. The highest BCUT2D eigenvalue weighted by Gasteiger charge is 2.23. The van der Waals surface area contributed by atoms with E-state index < -0.39 is 24.1 Å². The molecule has 0 spiro atoms. The van der Waals surface area contributed by atoms with Crippen LogP contribution in [0.4, 0.5) is 0 Å². The van der Waals surface area contributed by atoms with Crippen molar-refractivity contribution >= 4 is 11.9 Å². The van der Waals surface area contributed by atoms with Gasteiger partial charge in [-0.05, 0) is 36.1 Å². The van der Waals surface area contributed by atoms with Crippen molar-refractivity contribution in [2.75, 3.05) is 13.2 Å². The second-order valence-electron chi connectivity index (χ2n) is 9.61. The summed E-state index contributed by atoms with van der Waals surface area (Å²) < 4.78 is 0. The number of aliphatic hydroxyl groups is 2. The largest absolute Gasteiger partial charge is 0.390 e. The maximum Gasteiger partial charge on any atom is 0.368 e. The first-order valence-corrected chi connectivity index (χ1v) is 11.9. The quantitative estimate of drug-likeness (QED) is 0.223. The predicted molar refractivity (Wildman–Crippen MR) is 138 cm³/mol. The van der Waals surface area contributed by atoms with Crippen LogP contribution in [0.5, 0.6) is 0 Å². The molecule has 0 aliphatic rings. The Balaban J connectivity index is 1.90. The average Bonchev–Trinajstić information content (AvgIpc) is 2.84. The van der Waals surface area contributed by atoms with E-state index in [2.05, 4.69) is 36.8 Å². The summed E-state index contributed by atoms with van der Waals surface area (Å²) in [4.78, 5) is 41.3. The minimum Gasteiger partial charge on any atom is -0.390 e. The highest BCUT2D eigenvalue weighted by Crippen LogP contribution is 2.32. The summed E-state index contributed by atoms with van der Waals surface area (Å²) in [5.41, 5.74) is 4.18. The van der Waals surface area contributed by atoms with Gasteiger partial charge < -0.3 is 10.2 Å². The van der Waals surface area contributed by atoms with Crippen molar-refractivity contribution in [3.05, 3.63) is 95.1 Å². The third-order valence-corrected chi connectivity index (χ3v) is 5.78. The Morgan fingerprint density at radius 2 is 1.05 bits per heavy atom. The van der Waals surface area contributed by atoms with Gasteiger partial charge in [0.25, 0.3) is 0 Å². The summed E-state index contributed by atoms with van der Waals surface area (Å²) >= 11 is 0. The SMILES string of the molecule is C=C(C)C(=O)OOCC(O)Cc1ccc(C(C)(C)c2ccc(CC(O)COOC(=O)C(=C)C)cc2)cc1. The highest BCUT2D eigenvalue weighted by atomic mass is 17.2. The van der Waals surface area contributed by atoms with Crippen LogP contribution in [0.3, 0.4) is 0 Å². The second kappa shape index (κ2) is 13.9. The maximum atomic E-state index is 11.3. The van der Waals surface area contributed by atoms with Gasteiger partial charge in [-0.1, -0.05) is 75.5 Å². The molecular formula is C29H36O8. The summed E-state index contributed by atoms with van der Waals surface area (Å²) in [6, 6.07) is 15.9. The smallest absolute Gasteiger partial charge is 0.368 e. The number of hydrogen-bond acceptors (Lipinski definition) is 8. The van der Waals surface area contributed by atoms with Crippen LogP contribution in [-0.2, 0) is 47.4 Å². The molecule has 0 aliphatic carbocycles. The van der Waals surface area contributed by atoms with Gasteiger partial charge >= 0.3 is 11.9 Å². The Kier molecular flexibility index (Phi) is 11.2. The average molecular weight is 513 g/mol. The number of carbonyl (C=O) groups excluding carboxylic acids is 2. The summed E-state index contributed by atoms with van der Waals surface area (Å²) in [6.45, 7) is 13.9. The molecule has 0 heterocycles. The van der Waals surface area contributed by atoms with Gasteiger partial charge in [0.15, 0.2) is 0 Å². The zero-order valence-corrected chi connectivity index (χ0v) is 21.9. The van der Waals surface area contributed by atoms with E-state index in [0.29, 0.717) is 12.8 Å². The molecule has 2 aromatic rings. The molecule has 2 rings (SSSR count). The lowest BCUT2D eigenvalue weighted by molar-refractivity contribution is -0.278. The van der Waals surface area contributed by atoms with Crippen molar-refractivity contribution in [2.45, 2.75) is 58.2 Å². The fourth-order valence-corrected chi connectivity index (χ4v) is 3.42. The topological polar surface area (TPSA) is 112 Å². The Hall–Kier alpha value is -3.30. The van der Waals surface area contributed by atoms with E-state index in [1.807, 2.05) is 48.5 Å². The van der Waals surface area contributed by atoms with E-state index in [-0.39, 0.29) is 29.8 Å². The molecule has 0 saturated carbocycles. The van der Waals surface area contributed by atoms with E-state index in [1.54, 1.807) is 0 Å². The van der Waals surface area contributed by atoms with Crippen molar-refractivity contribution in [3.63, 3.8) is 0 Å². The minimum atomic E-state index is -0.830. The molecule has 8 heteroatoms. The van der Waals surface area contributed by atoms with Gasteiger partial charge in [0.2, 0.25) is 0 Å². The fourth-order valence-electron chi connectivity index (χ4n) is 3.42. The van der Waals surface area contributed by atoms with Gasteiger partial charge in [-0.2, -0.15) is 9.78 Å². The fraction of sp³-hybridized carbons (Fsp3) is 0.379. The Bertz CT molecular complexity index is 985. The summed E-state index contributed by atoms with van der Waals surface area (Å²) in [5.74, 6) is -1.34. The van der Waals surface area contributed by atoms with Crippen molar-refractivity contribution in [2.24, 2.45) is 0 Å². The third kappa shape index (κ3) is 9.59. The molecule has 2 atom stereocenters. The van der Waals surface area contributed by atoms with E-state index in [0.717, 1.165) is 22.3 Å². The number of carbonyl (C=O) groups is 2. The predicted octanol–water partition coefficient (Wildman–Crippen LogP) is 3.92. The van der Waals surface area contributed by atoms with Crippen LogP contribution in [-0.4, -0.2) is 47.6 Å². The minimum absolute atomic E-state index is 0.140. The van der Waals surface area contributed by atoms with Crippen LogP contribution in [0.1, 0.15) is 49.9 Å². The standard InChI is InChI=1S/C29H36O8/c1-19(2)27(32)36-34-17-25(30)15-21-7-11-23(12-8-21)29(5,6)24-13-9-22(10-14-24)16-26(31)18-35-37-28(33)20(3)4/h7-14,25-26,30-31H,1,3,15-18H2,2,4-6H3.